The van der Waals surface area contributed by atoms with Crippen LogP contribution in [0.2, 0.25) is 0 Å². The fraction of sp³-hybridized carbons (Fsp3) is 0.381. The zero-order valence-corrected chi connectivity index (χ0v) is 16.0. The Hall–Kier alpha value is -2.69. The number of aryl methyl sites for hydroxylation is 3. The number of amides is 2. The summed E-state index contributed by atoms with van der Waals surface area (Å²) in [5.41, 5.74) is 5.41. The fourth-order valence-corrected chi connectivity index (χ4v) is 3.26. The Morgan fingerprint density at radius 2 is 1.62 bits per heavy atom. The Morgan fingerprint density at radius 3 is 2.31 bits per heavy atom. The summed E-state index contributed by atoms with van der Waals surface area (Å²) in [5, 5.41) is 3.05. The number of rotatable bonds is 3. The van der Waals surface area contributed by atoms with Crippen LogP contribution in [0, 0.1) is 20.8 Å². The molecule has 0 spiro atoms. The number of hydrogen-bond donors (Lipinski definition) is 1. The molecular weight excluding hydrogens is 326 g/mol. The topological polar surface area (TPSA) is 44.8 Å². The van der Waals surface area contributed by atoms with E-state index in [1.54, 1.807) is 7.11 Å². The van der Waals surface area contributed by atoms with Crippen molar-refractivity contribution in [1.82, 2.24) is 4.90 Å². The number of benzene rings is 2. The normalized spacial score (nSPS) is 14.3. The number of anilines is 2. The summed E-state index contributed by atoms with van der Waals surface area (Å²) < 4.78 is 5.50. The Balaban J connectivity index is 1.64. The molecule has 1 fully saturated rings. The van der Waals surface area contributed by atoms with Gasteiger partial charge in [-0.05, 0) is 55.7 Å². The van der Waals surface area contributed by atoms with Crippen LogP contribution in [-0.2, 0) is 0 Å². The van der Waals surface area contributed by atoms with Gasteiger partial charge in [0.15, 0.2) is 0 Å². The Kier molecular flexibility index (Phi) is 5.35. The van der Waals surface area contributed by atoms with Crippen molar-refractivity contribution in [2.45, 2.75) is 20.8 Å². The lowest BCUT2D eigenvalue weighted by molar-refractivity contribution is 0.208. The molecule has 0 saturated carbocycles. The first-order valence-electron chi connectivity index (χ1n) is 9.00. The molecule has 0 atom stereocenters. The van der Waals surface area contributed by atoms with E-state index in [0.717, 1.165) is 41.3 Å². The Bertz CT molecular complexity index is 796. The van der Waals surface area contributed by atoms with Gasteiger partial charge in [-0.15, -0.1) is 0 Å². The van der Waals surface area contributed by atoms with Crippen molar-refractivity contribution in [3.8, 4) is 5.75 Å². The van der Waals surface area contributed by atoms with Crippen molar-refractivity contribution < 1.29 is 9.53 Å². The maximum atomic E-state index is 12.6. The number of carbonyl (C=O) groups excluding carboxylic acids is 1. The van der Waals surface area contributed by atoms with E-state index in [9.17, 15) is 4.79 Å². The SMILES string of the molecule is COc1ccc(C)cc1N1CCN(C(=O)Nc2cc(C)ccc2C)CC1. The number of hydrogen-bond acceptors (Lipinski definition) is 3. The summed E-state index contributed by atoms with van der Waals surface area (Å²) in [5.74, 6) is 0.879. The largest absolute Gasteiger partial charge is 0.495 e. The lowest BCUT2D eigenvalue weighted by Crippen LogP contribution is -2.50. The zero-order valence-electron chi connectivity index (χ0n) is 16.0. The summed E-state index contributed by atoms with van der Waals surface area (Å²) in [7, 11) is 1.70. The van der Waals surface area contributed by atoms with Crippen LogP contribution in [0.25, 0.3) is 0 Å². The van der Waals surface area contributed by atoms with E-state index in [4.69, 9.17) is 4.74 Å². The third kappa shape index (κ3) is 3.93. The predicted molar refractivity (Wildman–Crippen MR) is 106 cm³/mol. The van der Waals surface area contributed by atoms with Crippen molar-refractivity contribution >= 4 is 17.4 Å². The molecule has 2 aromatic carbocycles. The smallest absolute Gasteiger partial charge is 0.321 e. The Morgan fingerprint density at radius 1 is 0.962 bits per heavy atom. The maximum Gasteiger partial charge on any atom is 0.321 e. The molecule has 0 unspecified atom stereocenters. The van der Waals surface area contributed by atoms with Crippen molar-refractivity contribution in [2.75, 3.05) is 43.5 Å². The van der Waals surface area contributed by atoms with Gasteiger partial charge in [0.05, 0.1) is 12.8 Å². The highest BCUT2D eigenvalue weighted by molar-refractivity contribution is 5.90. The lowest BCUT2D eigenvalue weighted by Gasteiger charge is -2.36. The number of ether oxygens (including phenoxy) is 1. The van der Waals surface area contributed by atoms with Gasteiger partial charge < -0.3 is 19.9 Å². The molecule has 2 aromatic rings. The Labute approximate surface area is 155 Å². The molecular formula is C21H27N3O2. The van der Waals surface area contributed by atoms with Crippen LogP contribution in [-0.4, -0.2) is 44.2 Å². The van der Waals surface area contributed by atoms with Gasteiger partial charge in [-0.2, -0.15) is 0 Å². The maximum absolute atomic E-state index is 12.6. The lowest BCUT2D eigenvalue weighted by atomic mass is 10.1. The van der Waals surface area contributed by atoms with E-state index >= 15 is 0 Å². The van der Waals surface area contributed by atoms with E-state index in [1.807, 2.05) is 36.9 Å². The minimum absolute atomic E-state index is 0.0328. The number of methoxy groups -OCH3 is 1. The third-order valence-corrected chi connectivity index (χ3v) is 4.88. The van der Waals surface area contributed by atoms with Crippen molar-refractivity contribution in [3.05, 3.63) is 53.1 Å². The molecule has 0 aromatic heterocycles. The first-order valence-corrected chi connectivity index (χ1v) is 9.00. The monoisotopic (exact) mass is 353 g/mol. The summed E-state index contributed by atoms with van der Waals surface area (Å²) in [6.07, 6.45) is 0. The molecule has 5 heteroatoms. The van der Waals surface area contributed by atoms with Crippen LogP contribution >= 0.6 is 0 Å². The highest BCUT2D eigenvalue weighted by Gasteiger charge is 2.23. The minimum Gasteiger partial charge on any atom is -0.495 e. The molecule has 1 aliphatic heterocycles. The van der Waals surface area contributed by atoms with Gasteiger partial charge in [-0.1, -0.05) is 18.2 Å². The zero-order chi connectivity index (χ0) is 18.7. The highest BCUT2D eigenvalue weighted by Crippen LogP contribution is 2.30. The van der Waals surface area contributed by atoms with Crippen molar-refractivity contribution in [1.29, 1.82) is 0 Å². The van der Waals surface area contributed by atoms with E-state index in [0.29, 0.717) is 13.1 Å². The van der Waals surface area contributed by atoms with E-state index < -0.39 is 0 Å². The van der Waals surface area contributed by atoms with Crippen molar-refractivity contribution in [2.24, 2.45) is 0 Å². The van der Waals surface area contributed by atoms with Crippen LogP contribution in [0.3, 0.4) is 0 Å². The van der Waals surface area contributed by atoms with Gasteiger partial charge in [0.25, 0.3) is 0 Å². The quantitative estimate of drug-likeness (QED) is 0.908. The average Bonchev–Trinajstić information content (AvgIpc) is 2.65. The second-order valence-electron chi connectivity index (χ2n) is 6.90. The van der Waals surface area contributed by atoms with Crippen molar-refractivity contribution in [3.63, 3.8) is 0 Å². The van der Waals surface area contributed by atoms with Crippen LogP contribution in [0.4, 0.5) is 16.2 Å². The number of piperazine rings is 1. The number of nitrogens with zero attached hydrogens (tertiary/aromatic N) is 2. The molecule has 1 saturated heterocycles. The van der Waals surface area contributed by atoms with Crippen LogP contribution in [0.1, 0.15) is 16.7 Å². The molecule has 5 nitrogen and oxygen atoms in total. The summed E-state index contributed by atoms with van der Waals surface area (Å²) in [6.45, 7) is 9.08. The van der Waals surface area contributed by atoms with E-state index in [-0.39, 0.29) is 6.03 Å². The van der Waals surface area contributed by atoms with E-state index in [2.05, 4.69) is 35.3 Å². The molecule has 0 radical (unpaired) electrons. The van der Waals surface area contributed by atoms with Crippen LogP contribution < -0.4 is 15.0 Å². The molecule has 0 aliphatic carbocycles. The molecule has 1 heterocycles. The van der Waals surface area contributed by atoms with Crippen LogP contribution in [0.15, 0.2) is 36.4 Å². The number of carbonyl (C=O) groups is 1. The van der Waals surface area contributed by atoms with Gasteiger partial charge in [0, 0.05) is 31.9 Å². The second-order valence-corrected chi connectivity index (χ2v) is 6.90. The predicted octanol–water partition coefficient (Wildman–Crippen LogP) is 3.97. The molecule has 0 bridgehead atoms. The fourth-order valence-electron chi connectivity index (χ4n) is 3.26. The standard InChI is InChI=1S/C21H27N3O2/c1-15-5-7-17(3)18(13-15)22-21(25)24-11-9-23(10-12-24)19-14-16(2)6-8-20(19)26-4/h5-8,13-14H,9-12H2,1-4H3,(H,22,25). The average molecular weight is 353 g/mol. The summed E-state index contributed by atoms with van der Waals surface area (Å²) in [6, 6.07) is 12.3. The molecule has 138 valence electrons. The first kappa shape index (κ1) is 18.1. The minimum atomic E-state index is -0.0328. The molecule has 2 amide bonds. The number of urea groups is 1. The van der Waals surface area contributed by atoms with Gasteiger partial charge in [0.1, 0.15) is 5.75 Å². The summed E-state index contributed by atoms with van der Waals surface area (Å²) >= 11 is 0. The molecule has 26 heavy (non-hydrogen) atoms. The third-order valence-electron chi connectivity index (χ3n) is 4.88. The second kappa shape index (κ2) is 7.68. The van der Waals surface area contributed by atoms with Gasteiger partial charge in [-0.25, -0.2) is 4.79 Å². The van der Waals surface area contributed by atoms with E-state index in [1.165, 1.54) is 5.56 Å². The molecule has 1 aliphatic rings. The highest BCUT2D eigenvalue weighted by atomic mass is 16.5. The molecule has 1 N–H and O–H groups in total. The first-order chi connectivity index (χ1) is 12.5. The number of nitrogens with one attached hydrogen (secondary N) is 1. The molecule has 3 rings (SSSR count). The van der Waals surface area contributed by atoms with Gasteiger partial charge in [-0.3, -0.25) is 0 Å². The van der Waals surface area contributed by atoms with Crippen LogP contribution in [0.5, 0.6) is 5.75 Å². The summed E-state index contributed by atoms with van der Waals surface area (Å²) in [4.78, 5) is 16.8. The van der Waals surface area contributed by atoms with Gasteiger partial charge in [0.2, 0.25) is 0 Å². The van der Waals surface area contributed by atoms with Gasteiger partial charge >= 0.3 is 6.03 Å².